The number of carboxylic acids is 1. The van der Waals surface area contributed by atoms with Crippen molar-refractivity contribution in [3.05, 3.63) is 0 Å². The van der Waals surface area contributed by atoms with Gasteiger partial charge >= 0.3 is 5.97 Å². The molecule has 0 aromatic rings. The van der Waals surface area contributed by atoms with Crippen LogP contribution in [0.15, 0.2) is 0 Å². The average molecular weight is 462 g/mol. The first kappa shape index (κ1) is 25.0. The fourth-order valence-electron chi connectivity index (χ4n) is 9.34. The largest absolute Gasteiger partial charge is 0.481 e. The zero-order valence-electron chi connectivity index (χ0n) is 21.4. The van der Waals surface area contributed by atoms with E-state index in [1.54, 1.807) is 11.9 Å². The molecule has 4 rings (SSSR count). The van der Waals surface area contributed by atoms with Gasteiger partial charge < -0.3 is 15.1 Å². The summed E-state index contributed by atoms with van der Waals surface area (Å²) >= 11 is 0. The summed E-state index contributed by atoms with van der Waals surface area (Å²) in [7, 11) is 1.73. The smallest absolute Gasteiger partial charge is 0.305 e. The molecule has 4 saturated carbocycles. The van der Waals surface area contributed by atoms with E-state index in [1.165, 1.54) is 44.9 Å². The van der Waals surface area contributed by atoms with Crippen LogP contribution < -0.4 is 0 Å². The summed E-state index contributed by atoms with van der Waals surface area (Å²) in [6.45, 7) is 7.79. The minimum atomic E-state index is -0.851. The highest BCUT2D eigenvalue weighted by Gasteiger charge is 2.60. The Bertz CT molecular complexity index is 739. The van der Waals surface area contributed by atoms with Gasteiger partial charge in [0.15, 0.2) is 0 Å². The fourth-order valence-corrected chi connectivity index (χ4v) is 9.34. The molecule has 0 aromatic carbocycles. The molecule has 0 aliphatic heterocycles. The fraction of sp³-hybridized carbons (Fsp3) is 0.929. The maximum Gasteiger partial charge on any atom is 0.305 e. The molecule has 33 heavy (non-hydrogen) atoms. The van der Waals surface area contributed by atoms with Crippen molar-refractivity contribution in [2.75, 3.05) is 13.6 Å². The lowest BCUT2D eigenvalue weighted by molar-refractivity contribution is -0.138. The van der Waals surface area contributed by atoms with E-state index in [9.17, 15) is 14.7 Å². The lowest BCUT2D eigenvalue weighted by Gasteiger charge is -2.61. The highest BCUT2D eigenvalue weighted by Crippen LogP contribution is 2.68. The van der Waals surface area contributed by atoms with E-state index in [-0.39, 0.29) is 18.4 Å². The van der Waals surface area contributed by atoms with E-state index in [2.05, 4.69) is 20.8 Å². The maximum atomic E-state index is 12.5. The van der Waals surface area contributed by atoms with Gasteiger partial charge in [-0.05, 0) is 111 Å². The van der Waals surface area contributed by atoms with Crippen molar-refractivity contribution in [3.8, 4) is 0 Å². The van der Waals surface area contributed by atoms with Crippen LogP contribution in [0.4, 0.5) is 0 Å². The van der Waals surface area contributed by atoms with Crippen LogP contribution in [0.3, 0.4) is 0 Å². The Balaban J connectivity index is 1.37. The van der Waals surface area contributed by atoms with E-state index in [1.807, 2.05) is 0 Å². The van der Waals surface area contributed by atoms with Gasteiger partial charge in [0.25, 0.3) is 0 Å². The highest BCUT2D eigenvalue weighted by molar-refractivity contribution is 5.76. The highest BCUT2D eigenvalue weighted by atomic mass is 16.4. The van der Waals surface area contributed by atoms with Crippen LogP contribution in [0, 0.1) is 46.3 Å². The van der Waals surface area contributed by atoms with Crippen molar-refractivity contribution in [3.63, 3.8) is 0 Å². The molecule has 0 bridgehead atoms. The van der Waals surface area contributed by atoms with E-state index >= 15 is 0 Å². The zero-order chi connectivity index (χ0) is 24.0. The van der Waals surface area contributed by atoms with Crippen molar-refractivity contribution in [1.29, 1.82) is 0 Å². The molecule has 0 saturated heterocycles. The minimum Gasteiger partial charge on any atom is -0.481 e. The number of aliphatic hydroxyl groups is 1. The molecule has 0 aromatic heterocycles. The van der Waals surface area contributed by atoms with Gasteiger partial charge in [0.05, 0.1) is 12.5 Å². The third-order valence-corrected chi connectivity index (χ3v) is 11.3. The number of aliphatic carboxylic acids is 1. The molecule has 1 amide bonds. The number of rotatable bonds is 7. The van der Waals surface area contributed by atoms with Crippen molar-refractivity contribution in [2.45, 2.75) is 104 Å². The predicted molar refractivity (Wildman–Crippen MR) is 130 cm³/mol. The number of amides is 1. The maximum absolute atomic E-state index is 12.5. The summed E-state index contributed by atoms with van der Waals surface area (Å²) in [5, 5.41) is 19.1. The number of fused-ring (bicyclic) bond motifs is 5. The van der Waals surface area contributed by atoms with Gasteiger partial charge in [-0.2, -0.15) is 0 Å². The first-order valence-corrected chi connectivity index (χ1v) is 13.7. The Hall–Kier alpha value is -1.10. The van der Waals surface area contributed by atoms with Gasteiger partial charge in [-0.15, -0.1) is 0 Å². The van der Waals surface area contributed by atoms with E-state index in [4.69, 9.17) is 5.11 Å². The SMILES string of the molecule is C[C@H](CCC(=O)N(C)CCC(=O)O)[C@H]1CC[C@H]2[C@@H]3CC[C@@H]4C[C@H](O)CC[C@]4(C)[C@H]3CC[C@]12C. The predicted octanol–water partition coefficient (Wildman–Crippen LogP) is 5.36. The Morgan fingerprint density at radius 3 is 2.39 bits per heavy atom. The lowest BCUT2D eigenvalue weighted by atomic mass is 9.44. The topological polar surface area (TPSA) is 77.8 Å². The van der Waals surface area contributed by atoms with E-state index in [0.717, 1.165) is 37.0 Å². The summed E-state index contributed by atoms with van der Waals surface area (Å²) in [4.78, 5) is 24.9. The number of carbonyl (C=O) groups is 2. The molecule has 4 aliphatic rings. The van der Waals surface area contributed by atoms with Crippen LogP contribution >= 0.6 is 0 Å². The molecule has 5 nitrogen and oxygen atoms in total. The van der Waals surface area contributed by atoms with E-state index < -0.39 is 5.97 Å². The zero-order valence-corrected chi connectivity index (χ0v) is 21.4. The first-order valence-electron chi connectivity index (χ1n) is 13.7. The molecule has 0 unspecified atom stereocenters. The normalized spacial score (nSPS) is 43.2. The minimum absolute atomic E-state index is 0.0153. The van der Waals surface area contributed by atoms with Gasteiger partial charge in [0.1, 0.15) is 0 Å². The molecule has 0 heterocycles. The number of carboxylic acid groups (broad SMARTS) is 1. The molecule has 9 atom stereocenters. The van der Waals surface area contributed by atoms with Crippen molar-refractivity contribution in [2.24, 2.45) is 46.3 Å². The number of hydrogen-bond donors (Lipinski definition) is 2. The molecule has 0 radical (unpaired) electrons. The standard InChI is InChI=1S/C28H47NO4/c1-18(5-10-25(31)29(4)16-13-26(32)33)22-8-9-23-21-7-6-19-17-20(30)11-14-27(19,2)24(21)12-15-28(22,23)3/h18-24,30H,5-17H2,1-4H3,(H,32,33)/t18-,19-,20-,21+,22-,23+,24+,27+,28-/m1/s1. The number of carbonyl (C=O) groups excluding carboxylic acids is 1. The van der Waals surface area contributed by atoms with Crippen LogP contribution in [-0.2, 0) is 9.59 Å². The molecular formula is C28H47NO4. The monoisotopic (exact) mass is 461 g/mol. The van der Waals surface area contributed by atoms with Crippen LogP contribution in [0.2, 0.25) is 0 Å². The van der Waals surface area contributed by atoms with Crippen LogP contribution in [-0.4, -0.2) is 46.7 Å². The van der Waals surface area contributed by atoms with Crippen molar-refractivity contribution >= 4 is 11.9 Å². The Kier molecular flexibility index (Phi) is 7.21. The lowest BCUT2D eigenvalue weighted by Crippen LogP contribution is -2.54. The summed E-state index contributed by atoms with van der Waals surface area (Å²) in [5.41, 5.74) is 0.830. The van der Waals surface area contributed by atoms with Gasteiger partial charge in [-0.25, -0.2) is 0 Å². The first-order chi connectivity index (χ1) is 15.6. The van der Waals surface area contributed by atoms with Gasteiger partial charge in [0.2, 0.25) is 5.91 Å². The third kappa shape index (κ3) is 4.60. The van der Waals surface area contributed by atoms with Gasteiger partial charge in [-0.3, -0.25) is 9.59 Å². The molecule has 5 heteroatoms. The number of hydrogen-bond acceptors (Lipinski definition) is 3. The molecule has 188 valence electrons. The van der Waals surface area contributed by atoms with Crippen LogP contribution in [0.5, 0.6) is 0 Å². The molecule has 0 spiro atoms. The molecule has 4 aliphatic carbocycles. The molecular weight excluding hydrogens is 414 g/mol. The Labute approximate surface area is 200 Å². The third-order valence-electron chi connectivity index (χ3n) is 11.3. The Morgan fingerprint density at radius 1 is 0.970 bits per heavy atom. The van der Waals surface area contributed by atoms with Crippen molar-refractivity contribution < 1.29 is 19.8 Å². The number of aliphatic hydroxyl groups excluding tert-OH is 1. The summed E-state index contributed by atoms with van der Waals surface area (Å²) in [5.74, 6) is 3.67. The molecule has 2 N–H and O–H groups in total. The second-order valence-electron chi connectivity index (χ2n) is 12.8. The quantitative estimate of drug-likeness (QED) is 0.535. The summed E-state index contributed by atoms with van der Waals surface area (Å²) in [6.07, 6.45) is 12.6. The van der Waals surface area contributed by atoms with Crippen LogP contribution in [0.25, 0.3) is 0 Å². The van der Waals surface area contributed by atoms with Crippen molar-refractivity contribution in [1.82, 2.24) is 4.90 Å². The second kappa shape index (κ2) is 9.51. The Morgan fingerprint density at radius 2 is 1.67 bits per heavy atom. The second-order valence-corrected chi connectivity index (χ2v) is 12.8. The summed E-state index contributed by atoms with van der Waals surface area (Å²) < 4.78 is 0. The number of nitrogens with zero attached hydrogens (tertiary/aromatic N) is 1. The van der Waals surface area contributed by atoms with Gasteiger partial charge in [-0.1, -0.05) is 20.8 Å². The average Bonchev–Trinajstić information content (AvgIpc) is 3.13. The van der Waals surface area contributed by atoms with E-state index in [0.29, 0.717) is 41.5 Å². The summed E-state index contributed by atoms with van der Waals surface area (Å²) in [6, 6.07) is 0. The van der Waals surface area contributed by atoms with Gasteiger partial charge in [0, 0.05) is 20.0 Å². The van der Waals surface area contributed by atoms with Crippen LogP contribution in [0.1, 0.15) is 97.8 Å². The molecule has 4 fully saturated rings.